The summed E-state index contributed by atoms with van der Waals surface area (Å²) in [6.45, 7) is 1.81. The lowest BCUT2D eigenvalue weighted by Gasteiger charge is -2.36. The van der Waals surface area contributed by atoms with Gasteiger partial charge < -0.3 is 14.4 Å². The smallest absolute Gasteiger partial charge is 0.226 e. The molecule has 126 valence electrons. The number of carbonyl (C=O) groups excluding carboxylic acids is 1. The molecule has 0 N–H and O–H groups in total. The molecule has 3 rings (SSSR count). The Hall–Kier alpha value is -2.40. The third-order valence-corrected chi connectivity index (χ3v) is 4.03. The molecular weight excluding hydrogens is 309 g/mol. The molecule has 1 heterocycles. The van der Waals surface area contributed by atoms with Gasteiger partial charge in [0.05, 0.1) is 32.3 Å². The van der Waals surface area contributed by atoms with E-state index in [-0.39, 0.29) is 17.8 Å². The van der Waals surface area contributed by atoms with Crippen LogP contribution in [0.1, 0.15) is 18.0 Å². The van der Waals surface area contributed by atoms with E-state index in [2.05, 4.69) is 0 Å². The first-order valence-corrected chi connectivity index (χ1v) is 8.04. The van der Waals surface area contributed by atoms with Crippen molar-refractivity contribution in [1.82, 2.24) is 4.90 Å². The fourth-order valence-corrected chi connectivity index (χ4v) is 2.78. The van der Waals surface area contributed by atoms with Crippen molar-refractivity contribution in [1.29, 1.82) is 0 Å². The number of carbonyl (C=O) groups is 1. The number of morpholine rings is 1. The van der Waals surface area contributed by atoms with Crippen molar-refractivity contribution in [2.75, 3.05) is 26.4 Å². The van der Waals surface area contributed by atoms with Crippen LogP contribution in [0.5, 0.6) is 5.75 Å². The van der Waals surface area contributed by atoms with Crippen LogP contribution in [0, 0.1) is 5.82 Å². The van der Waals surface area contributed by atoms with Crippen molar-refractivity contribution in [2.45, 2.75) is 12.5 Å². The lowest BCUT2D eigenvalue weighted by Crippen LogP contribution is -2.43. The van der Waals surface area contributed by atoms with Gasteiger partial charge in [0.25, 0.3) is 0 Å². The molecule has 1 unspecified atom stereocenters. The molecule has 1 aliphatic rings. The van der Waals surface area contributed by atoms with Crippen LogP contribution in [0.2, 0.25) is 0 Å². The second kappa shape index (κ2) is 7.93. The van der Waals surface area contributed by atoms with Gasteiger partial charge in [-0.05, 0) is 29.8 Å². The Kier molecular flexibility index (Phi) is 5.43. The zero-order chi connectivity index (χ0) is 16.8. The standard InChI is InChI=1S/C19H20FNO3/c20-16-8-6-15(7-9-16)18-14-23-13-11-21(18)19(22)10-12-24-17-4-2-1-3-5-17/h1-9,18H,10-14H2. The number of hydrogen-bond acceptors (Lipinski definition) is 3. The molecule has 0 aromatic heterocycles. The van der Waals surface area contributed by atoms with Gasteiger partial charge in [-0.1, -0.05) is 30.3 Å². The fourth-order valence-electron chi connectivity index (χ4n) is 2.78. The zero-order valence-corrected chi connectivity index (χ0v) is 13.4. The Labute approximate surface area is 140 Å². The number of amides is 1. The molecular formula is C19H20FNO3. The number of halogens is 1. The first-order valence-electron chi connectivity index (χ1n) is 8.04. The molecule has 0 saturated carbocycles. The summed E-state index contributed by atoms with van der Waals surface area (Å²) in [5, 5.41) is 0. The Morgan fingerprint density at radius 2 is 1.92 bits per heavy atom. The van der Waals surface area contributed by atoms with Gasteiger partial charge in [-0.3, -0.25) is 4.79 Å². The van der Waals surface area contributed by atoms with Crippen LogP contribution in [-0.4, -0.2) is 37.2 Å². The summed E-state index contributed by atoms with van der Waals surface area (Å²) < 4.78 is 24.2. The van der Waals surface area contributed by atoms with Crippen molar-refractivity contribution in [3.8, 4) is 5.75 Å². The highest BCUT2D eigenvalue weighted by Gasteiger charge is 2.28. The maximum absolute atomic E-state index is 13.1. The van der Waals surface area contributed by atoms with E-state index in [1.807, 2.05) is 30.3 Å². The molecule has 4 nitrogen and oxygen atoms in total. The van der Waals surface area contributed by atoms with Crippen molar-refractivity contribution in [3.63, 3.8) is 0 Å². The molecule has 1 saturated heterocycles. The first kappa shape index (κ1) is 16.5. The Morgan fingerprint density at radius 3 is 2.67 bits per heavy atom. The van der Waals surface area contributed by atoms with Crippen LogP contribution < -0.4 is 4.74 Å². The van der Waals surface area contributed by atoms with Gasteiger partial charge in [-0.15, -0.1) is 0 Å². The number of ether oxygens (including phenoxy) is 2. The van der Waals surface area contributed by atoms with E-state index in [0.29, 0.717) is 32.8 Å². The molecule has 5 heteroatoms. The summed E-state index contributed by atoms with van der Waals surface area (Å²) in [6, 6.07) is 15.5. The van der Waals surface area contributed by atoms with Crippen molar-refractivity contribution < 1.29 is 18.7 Å². The van der Waals surface area contributed by atoms with E-state index in [9.17, 15) is 9.18 Å². The quantitative estimate of drug-likeness (QED) is 0.845. The van der Waals surface area contributed by atoms with Gasteiger partial charge in [0.15, 0.2) is 0 Å². The van der Waals surface area contributed by atoms with E-state index >= 15 is 0 Å². The van der Waals surface area contributed by atoms with Crippen LogP contribution in [0.25, 0.3) is 0 Å². The molecule has 0 bridgehead atoms. The van der Waals surface area contributed by atoms with Gasteiger partial charge >= 0.3 is 0 Å². The molecule has 24 heavy (non-hydrogen) atoms. The fraction of sp³-hybridized carbons (Fsp3) is 0.316. The van der Waals surface area contributed by atoms with E-state index in [0.717, 1.165) is 11.3 Å². The first-order chi connectivity index (χ1) is 11.7. The third-order valence-electron chi connectivity index (χ3n) is 4.03. The highest BCUT2D eigenvalue weighted by Crippen LogP contribution is 2.25. The summed E-state index contributed by atoms with van der Waals surface area (Å²) in [5.41, 5.74) is 0.883. The predicted octanol–water partition coefficient (Wildman–Crippen LogP) is 3.19. The molecule has 2 aromatic rings. The minimum absolute atomic E-state index is 0.0172. The van der Waals surface area contributed by atoms with Crippen LogP contribution in [0.3, 0.4) is 0 Å². The lowest BCUT2D eigenvalue weighted by atomic mass is 10.0. The van der Waals surface area contributed by atoms with E-state index in [1.54, 1.807) is 17.0 Å². The Morgan fingerprint density at radius 1 is 1.17 bits per heavy atom. The number of benzene rings is 2. The lowest BCUT2D eigenvalue weighted by molar-refractivity contribution is -0.140. The van der Waals surface area contributed by atoms with Crippen LogP contribution >= 0.6 is 0 Å². The van der Waals surface area contributed by atoms with Crippen molar-refractivity contribution in [3.05, 3.63) is 66.0 Å². The largest absolute Gasteiger partial charge is 0.493 e. The maximum atomic E-state index is 13.1. The van der Waals surface area contributed by atoms with Crippen molar-refractivity contribution >= 4 is 5.91 Å². The van der Waals surface area contributed by atoms with Gasteiger partial charge in [0.1, 0.15) is 11.6 Å². The van der Waals surface area contributed by atoms with Crippen LogP contribution in [-0.2, 0) is 9.53 Å². The molecule has 0 aliphatic carbocycles. The molecule has 1 amide bonds. The van der Waals surface area contributed by atoms with E-state index in [1.165, 1.54) is 12.1 Å². The molecule has 2 aromatic carbocycles. The topological polar surface area (TPSA) is 38.8 Å². The summed E-state index contributed by atoms with van der Waals surface area (Å²) in [6.07, 6.45) is 0.298. The average molecular weight is 329 g/mol. The van der Waals surface area contributed by atoms with Crippen LogP contribution in [0.4, 0.5) is 4.39 Å². The summed E-state index contributed by atoms with van der Waals surface area (Å²) in [4.78, 5) is 14.4. The number of para-hydroxylation sites is 1. The normalized spacial score (nSPS) is 17.5. The predicted molar refractivity (Wildman–Crippen MR) is 88.2 cm³/mol. The summed E-state index contributed by atoms with van der Waals surface area (Å²) in [5.74, 6) is 0.482. The molecule has 0 radical (unpaired) electrons. The van der Waals surface area contributed by atoms with Crippen LogP contribution in [0.15, 0.2) is 54.6 Å². The summed E-state index contributed by atoms with van der Waals surface area (Å²) >= 11 is 0. The minimum Gasteiger partial charge on any atom is -0.493 e. The number of nitrogens with zero attached hydrogens (tertiary/aromatic N) is 1. The molecule has 1 aliphatic heterocycles. The second-order valence-corrected chi connectivity index (χ2v) is 5.64. The van der Waals surface area contributed by atoms with Crippen molar-refractivity contribution in [2.24, 2.45) is 0 Å². The Balaban J connectivity index is 1.60. The zero-order valence-electron chi connectivity index (χ0n) is 13.4. The Bertz CT molecular complexity index is 660. The van der Waals surface area contributed by atoms with Gasteiger partial charge in [0, 0.05) is 6.54 Å². The minimum atomic E-state index is -0.287. The maximum Gasteiger partial charge on any atom is 0.226 e. The molecule has 1 atom stereocenters. The van der Waals surface area contributed by atoms with E-state index < -0.39 is 0 Å². The SMILES string of the molecule is O=C(CCOc1ccccc1)N1CCOCC1c1ccc(F)cc1. The average Bonchev–Trinajstić information content (AvgIpc) is 2.63. The number of hydrogen-bond donors (Lipinski definition) is 0. The van der Waals surface area contributed by atoms with Gasteiger partial charge in [0.2, 0.25) is 5.91 Å². The summed E-state index contributed by atoms with van der Waals surface area (Å²) in [7, 11) is 0. The molecule has 1 fully saturated rings. The monoisotopic (exact) mass is 329 g/mol. The van der Waals surface area contributed by atoms with E-state index in [4.69, 9.17) is 9.47 Å². The van der Waals surface area contributed by atoms with Gasteiger partial charge in [-0.25, -0.2) is 4.39 Å². The highest BCUT2D eigenvalue weighted by atomic mass is 19.1. The highest BCUT2D eigenvalue weighted by molar-refractivity contribution is 5.77. The van der Waals surface area contributed by atoms with Gasteiger partial charge in [-0.2, -0.15) is 0 Å². The second-order valence-electron chi connectivity index (χ2n) is 5.64. The third kappa shape index (κ3) is 4.11. The molecule has 0 spiro atoms. The number of rotatable bonds is 5.